The first-order valence-corrected chi connectivity index (χ1v) is 11.9. The largest absolute Gasteiger partial charge is 0.469 e. The molecule has 2 aromatic heterocycles. The van der Waals surface area contributed by atoms with Crippen molar-refractivity contribution in [3.05, 3.63) is 77.0 Å². The van der Waals surface area contributed by atoms with Gasteiger partial charge in [-0.25, -0.2) is 4.99 Å². The Kier molecular flexibility index (Phi) is 10.0. The van der Waals surface area contributed by atoms with Crippen molar-refractivity contribution >= 4 is 29.9 Å². The second-order valence-corrected chi connectivity index (χ2v) is 8.87. The number of guanidine groups is 1. The summed E-state index contributed by atoms with van der Waals surface area (Å²) in [6.07, 6.45) is 4.77. The molecule has 2 N–H and O–H groups in total. The van der Waals surface area contributed by atoms with Crippen LogP contribution in [0.3, 0.4) is 0 Å². The van der Waals surface area contributed by atoms with E-state index in [1.807, 2.05) is 23.9 Å². The molecule has 4 rings (SSSR count). The Morgan fingerprint density at radius 1 is 1.12 bits per heavy atom. The molecule has 0 spiro atoms. The van der Waals surface area contributed by atoms with Gasteiger partial charge in [0.05, 0.1) is 18.5 Å². The molecule has 34 heavy (non-hydrogen) atoms. The second-order valence-electron chi connectivity index (χ2n) is 8.87. The maximum Gasteiger partial charge on any atom is 0.191 e. The minimum Gasteiger partial charge on any atom is -0.469 e. The molecule has 1 aliphatic heterocycles. The van der Waals surface area contributed by atoms with Crippen LogP contribution in [-0.4, -0.2) is 46.3 Å². The van der Waals surface area contributed by atoms with Crippen LogP contribution < -0.4 is 10.6 Å². The summed E-state index contributed by atoms with van der Waals surface area (Å²) >= 11 is 0. The number of hydrogen-bond donors (Lipinski definition) is 2. The molecule has 0 atom stereocenters. The fraction of sp³-hybridized carbons (Fsp3) is 0.462. The third kappa shape index (κ3) is 7.33. The van der Waals surface area contributed by atoms with E-state index in [0.717, 1.165) is 62.9 Å². The van der Waals surface area contributed by atoms with E-state index in [2.05, 4.69) is 64.8 Å². The first kappa shape index (κ1) is 26.3. The van der Waals surface area contributed by atoms with Gasteiger partial charge in [0.15, 0.2) is 5.96 Å². The van der Waals surface area contributed by atoms with E-state index in [4.69, 9.17) is 9.41 Å². The number of aryl methyl sites for hydroxylation is 2. The van der Waals surface area contributed by atoms with Crippen molar-refractivity contribution in [3.63, 3.8) is 0 Å². The molecule has 1 aromatic carbocycles. The van der Waals surface area contributed by atoms with Gasteiger partial charge in [0.2, 0.25) is 0 Å². The molecule has 0 bridgehead atoms. The van der Waals surface area contributed by atoms with Gasteiger partial charge in [0, 0.05) is 56.9 Å². The van der Waals surface area contributed by atoms with Crippen molar-refractivity contribution in [2.45, 2.75) is 52.2 Å². The van der Waals surface area contributed by atoms with E-state index >= 15 is 0 Å². The van der Waals surface area contributed by atoms with E-state index in [1.165, 1.54) is 16.8 Å². The lowest BCUT2D eigenvalue weighted by atomic mass is 10.0. The maximum atomic E-state index is 5.47. The molecule has 0 amide bonds. The normalized spacial score (nSPS) is 15.2. The van der Waals surface area contributed by atoms with Gasteiger partial charge in [-0.05, 0) is 44.4 Å². The summed E-state index contributed by atoms with van der Waals surface area (Å²) in [5.74, 6) is 1.85. The highest BCUT2D eigenvalue weighted by Crippen LogP contribution is 2.15. The second kappa shape index (κ2) is 12.9. The number of aliphatic imine (C=N–C) groups is 1. The van der Waals surface area contributed by atoms with Crippen LogP contribution in [0.15, 0.2) is 58.1 Å². The van der Waals surface area contributed by atoms with Crippen LogP contribution in [0.1, 0.15) is 41.1 Å². The Labute approximate surface area is 220 Å². The highest BCUT2D eigenvalue weighted by atomic mass is 127. The highest BCUT2D eigenvalue weighted by molar-refractivity contribution is 14.0. The van der Waals surface area contributed by atoms with Crippen LogP contribution in [0, 0.1) is 13.8 Å². The average molecular weight is 577 g/mol. The molecule has 0 aliphatic carbocycles. The lowest BCUT2D eigenvalue weighted by molar-refractivity contribution is 0.198. The highest BCUT2D eigenvalue weighted by Gasteiger charge is 2.20. The molecule has 3 aromatic rings. The van der Waals surface area contributed by atoms with E-state index in [-0.39, 0.29) is 24.0 Å². The summed E-state index contributed by atoms with van der Waals surface area (Å²) in [5, 5.41) is 11.7. The minimum atomic E-state index is 0. The SMILES string of the molecule is Cc1nn(C)c(C)c1CN=C(NCCc1ccco1)NC1CCN(Cc2ccccc2)CC1.I. The Balaban J connectivity index is 0.00000324. The standard InChI is InChI=1S/C26H36N6O.HI/c1-20-25(21(2)31(3)30-20)18-28-26(27-14-11-24-10-7-17-33-24)29-23-12-15-32(16-13-23)19-22-8-5-4-6-9-22;/h4-10,17,23H,11-16,18-19H2,1-3H3,(H2,27,28,29);1H. The number of likely N-dealkylation sites (tertiary alicyclic amines) is 1. The van der Waals surface area contributed by atoms with Gasteiger partial charge < -0.3 is 15.1 Å². The zero-order valence-electron chi connectivity index (χ0n) is 20.5. The fourth-order valence-corrected chi connectivity index (χ4v) is 4.39. The lowest BCUT2D eigenvalue weighted by Gasteiger charge is -2.33. The van der Waals surface area contributed by atoms with Crippen molar-refractivity contribution in [2.24, 2.45) is 12.0 Å². The summed E-state index contributed by atoms with van der Waals surface area (Å²) in [7, 11) is 1.99. The molecule has 0 saturated carbocycles. The van der Waals surface area contributed by atoms with Crippen molar-refractivity contribution < 1.29 is 4.42 Å². The Bertz CT molecular complexity index is 1020. The number of aromatic nitrogens is 2. The molecular weight excluding hydrogens is 539 g/mol. The quantitative estimate of drug-likeness (QED) is 0.239. The molecule has 7 nitrogen and oxygen atoms in total. The van der Waals surface area contributed by atoms with E-state index in [1.54, 1.807) is 6.26 Å². The van der Waals surface area contributed by atoms with Gasteiger partial charge in [-0.1, -0.05) is 30.3 Å². The fourth-order valence-electron chi connectivity index (χ4n) is 4.39. The van der Waals surface area contributed by atoms with Crippen molar-refractivity contribution in [1.29, 1.82) is 0 Å². The summed E-state index contributed by atoms with van der Waals surface area (Å²) in [4.78, 5) is 7.46. The van der Waals surface area contributed by atoms with Crippen LogP contribution in [-0.2, 0) is 26.6 Å². The van der Waals surface area contributed by atoms with E-state index in [9.17, 15) is 0 Å². The number of nitrogens with zero attached hydrogens (tertiary/aromatic N) is 4. The summed E-state index contributed by atoms with van der Waals surface area (Å²) < 4.78 is 7.40. The van der Waals surface area contributed by atoms with Gasteiger partial charge in [0.1, 0.15) is 5.76 Å². The number of rotatable bonds is 8. The lowest BCUT2D eigenvalue weighted by Crippen LogP contribution is -2.48. The average Bonchev–Trinajstić information content (AvgIpc) is 3.42. The van der Waals surface area contributed by atoms with Crippen LogP contribution in [0.4, 0.5) is 0 Å². The molecule has 1 fully saturated rings. The molecule has 184 valence electrons. The van der Waals surface area contributed by atoms with Crippen LogP contribution in [0.25, 0.3) is 0 Å². The first-order chi connectivity index (χ1) is 16.1. The van der Waals surface area contributed by atoms with E-state index < -0.39 is 0 Å². The Morgan fingerprint density at radius 3 is 2.53 bits per heavy atom. The number of hydrogen-bond acceptors (Lipinski definition) is 4. The van der Waals surface area contributed by atoms with Crippen molar-refractivity contribution in [2.75, 3.05) is 19.6 Å². The van der Waals surface area contributed by atoms with Gasteiger partial charge in [-0.15, -0.1) is 24.0 Å². The topological polar surface area (TPSA) is 70.6 Å². The molecule has 0 unspecified atom stereocenters. The van der Waals surface area contributed by atoms with Crippen LogP contribution >= 0.6 is 24.0 Å². The van der Waals surface area contributed by atoms with Gasteiger partial charge in [-0.2, -0.15) is 5.10 Å². The third-order valence-corrected chi connectivity index (χ3v) is 6.48. The summed E-state index contributed by atoms with van der Waals surface area (Å²) in [6.45, 7) is 8.75. The van der Waals surface area contributed by atoms with E-state index in [0.29, 0.717) is 12.6 Å². The van der Waals surface area contributed by atoms with Crippen molar-refractivity contribution in [1.82, 2.24) is 25.3 Å². The first-order valence-electron chi connectivity index (χ1n) is 11.9. The number of halogens is 1. The van der Waals surface area contributed by atoms with Gasteiger partial charge >= 0.3 is 0 Å². The summed E-state index contributed by atoms with van der Waals surface area (Å²) in [5.41, 5.74) is 4.79. The molecule has 3 heterocycles. The molecule has 1 aliphatic rings. The number of piperidine rings is 1. The Morgan fingerprint density at radius 2 is 1.88 bits per heavy atom. The predicted octanol–water partition coefficient (Wildman–Crippen LogP) is 4.19. The minimum absolute atomic E-state index is 0. The Hall–Kier alpha value is -2.33. The van der Waals surface area contributed by atoms with Crippen LogP contribution in [0.5, 0.6) is 0 Å². The number of nitrogens with one attached hydrogen (secondary N) is 2. The molecular formula is C26H37IN6O. The maximum absolute atomic E-state index is 5.47. The summed E-state index contributed by atoms with van der Waals surface area (Å²) in [6, 6.07) is 15.1. The third-order valence-electron chi connectivity index (χ3n) is 6.48. The van der Waals surface area contributed by atoms with Gasteiger partial charge in [-0.3, -0.25) is 9.58 Å². The molecule has 8 heteroatoms. The zero-order chi connectivity index (χ0) is 23.0. The monoisotopic (exact) mass is 576 g/mol. The zero-order valence-corrected chi connectivity index (χ0v) is 22.8. The smallest absolute Gasteiger partial charge is 0.191 e. The molecule has 1 saturated heterocycles. The predicted molar refractivity (Wildman–Crippen MR) is 148 cm³/mol. The number of benzene rings is 1. The van der Waals surface area contributed by atoms with Crippen molar-refractivity contribution in [3.8, 4) is 0 Å². The van der Waals surface area contributed by atoms with Crippen LogP contribution in [0.2, 0.25) is 0 Å². The van der Waals surface area contributed by atoms with Gasteiger partial charge in [0.25, 0.3) is 0 Å². The number of furan rings is 1. The molecule has 0 radical (unpaired) electrons.